The third-order valence-corrected chi connectivity index (χ3v) is 5.10. The lowest BCUT2D eigenvalue weighted by Gasteiger charge is -2.29. The van der Waals surface area contributed by atoms with Gasteiger partial charge in [-0.3, -0.25) is 4.79 Å². The fourth-order valence-electron chi connectivity index (χ4n) is 3.01. The van der Waals surface area contributed by atoms with E-state index in [2.05, 4.69) is 21.2 Å². The molecule has 2 aliphatic rings. The van der Waals surface area contributed by atoms with Gasteiger partial charge < -0.3 is 5.32 Å². The summed E-state index contributed by atoms with van der Waals surface area (Å²) in [5.41, 5.74) is 0. The molecule has 0 heterocycles. The van der Waals surface area contributed by atoms with Crippen molar-refractivity contribution in [2.45, 2.75) is 56.9 Å². The van der Waals surface area contributed by atoms with Crippen molar-refractivity contribution in [2.75, 3.05) is 5.33 Å². The lowest BCUT2D eigenvalue weighted by Crippen LogP contribution is -2.43. The summed E-state index contributed by atoms with van der Waals surface area (Å²) in [6.45, 7) is 0. The number of amides is 1. The van der Waals surface area contributed by atoms with Crippen molar-refractivity contribution in [1.29, 1.82) is 0 Å². The second kappa shape index (κ2) is 5.85. The van der Waals surface area contributed by atoms with Crippen LogP contribution in [0.4, 0.5) is 8.78 Å². The van der Waals surface area contributed by atoms with Crippen LogP contribution >= 0.6 is 15.9 Å². The number of carbonyl (C=O) groups is 1. The Hall–Kier alpha value is -0.190. The van der Waals surface area contributed by atoms with E-state index in [1.54, 1.807) is 0 Å². The monoisotopic (exact) mass is 323 g/mol. The second-order valence-corrected chi connectivity index (χ2v) is 6.24. The first-order chi connectivity index (χ1) is 8.52. The molecule has 104 valence electrons. The predicted octanol–water partition coefficient (Wildman–Crippen LogP) is 3.49. The van der Waals surface area contributed by atoms with Crippen molar-refractivity contribution in [3.8, 4) is 0 Å². The van der Waals surface area contributed by atoms with Crippen LogP contribution in [-0.4, -0.2) is 23.2 Å². The van der Waals surface area contributed by atoms with Crippen LogP contribution in [0.2, 0.25) is 0 Å². The number of carbonyl (C=O) groups excluding carboxylic acids is 1. The molecule has 2 nitrogen and oxygen atoms in total. The number of alkyl halides is 3. The zero-order valence-corrected chi connectivity index (χ0v) is 12.0. The summed E-state index contributed by atoms with van der Waals surface area (Å²) >= 11 is 3.47. The molecule has 2 aliphatic carbocycles. The zero-order valence-electron chi connectivity index (χ0n) is 10.4. The van der Waals surface area contributed by atoms with E-state index in [4.69, 9.17) is 0 Å². The maximum Gasteiger partial charge on any atom is 0.248 e. The molecule has 2 fully saturated rings. The highest BCUT2D eigenvalue weighted by Gasteiger charge is 2.38. The van der Waals surface area contributed by atoms with E-state index in [0.29, 0.717) is 18.8 Å². The predicted molar refractivity (Wildman–Crippen MR) is 70.0 cm³/mol. The molecule has 2 rings (SSSR count). The van der Waals surface area contributed by atoms with Gasteiger partial charge in [-0.15, -0.1) is 0 Å². The first-order valence-electron chi connectivity index (χ1n) is 6.76. The Bertz CT molecular complexity index is 301. The van der Waals surface area contributed by atoms with Gasteiger partial charge in [-0.25, -0.2) is 8.78 Å². The molecule has 0 saturated heterocycles. The normalized spacial score (nSPS) is 32.4. The van der Waals surface area contributed by atoms with Gasteiger partial charge in [-0.1, -0.05) is 22.4 Å². The molecule has 0 aromatic rings. The SMILES string of the molecule is O=C(NC1CCCC1CBr)C1CCC(F)(F)CC1. The molecule has 5 heteroatoms. The van der Waals surface area contributed by atoms with Crippen molar-refractivity contribution < 1.29 is 13.6 Å². The van der Waals surface area contributed by atoms with Crippen molar-refractivity contribution in [3.63, 3.8) is 0 Å². The van der Waals surface area contributed by atoms with Crippen molar-refractivity contribution in [3.05, 3.63) is 0 Å². The second-order valence-electron chi connectivity index (χ2n) is 5.59. The fraction of sp³-hybridized carbons (Fsp3) is 0.923. The van der Waals surface area contributed by atoms with Crippen LogP contribution in [0.1, 0.15) is 44.9 Å². The number of hydrogen-bond donors (Lipinski definition) is 1. The van der Waals surface area contributed by atoms with Gasteiger partial charge >= 0.3 is 0 Å². The number of rotatable bonds is 3. The molecule has 0 spiro atoms. The van der Waals surface area contributed by atoms with E-state index < -0.39 is 5.92 Å². The minimum Gasteiger partial charge on any atom is -0.353 e. The Kier molecular flexibility index (Phi) is 4.62. The standard InChI is InChI=1S/C13H20BrF2NO/c14-8-10-2-1-3-11(10)17-12(18)9-4-6-13(15,16)7-5-9/h9-11H,1-8H2,(H,17,18). The molecule has 1 amide bonds. The first-order valence-corrected chi connectivity index (χ1v) is 7.88. The van der Waals surface area contributed by atoms with E-state index in [1.807, 2.05) is 0 Å². The summed E-state index contributed by atoms with van der Waals surface area (Å²) in [6.07, 6.45) is 3.66. The Morgan fingerprint density at radius 3 is 2.50 bits per heavy atom. The summed E-state index contributed by atoms with van der Waals surface area (Å²) in [5.74, 6) is -2.27. The number of halogens is 3. The molecule has 0 aromatic heterocycles. The van der Waals surface area contributed by atoms with E-state index in [-0.39, 0.29) is 30.7 Å². The van der Waals surface area contributed by atoms with Crippen LogP contribution in [0, 0.1) is 11.8 Å². The van der Waals surface area contributed by atoms with Gasteiger partial charge in [-0.2, -0.15) is 0 Å². The lowest BCUT2D eigenvalue weighted by molar-refractivity contribution is -0.130. The highest BCUT2D eigenvalue weighted by atomic mass is 79.9. The van der Waals surface area contributed by atoms with Gasteiger partial charge in [-0.05, 0) is 31.6 Å². The highest BCUT2D eigenvalue weighted by Crippen LogP contribution is 2.36. The van der Waals surface area contributed by atoms with E-state index in [1.165, 1.54) is 0 Å². The largest absolute Gasteiger partial charge is 0.353 e. The quantitative estimate of drug-likeness (QED) is 0.791. The molecular formula is C13H20BrF2NO. The lowest BCUT2D eigenvalue weighted by atomic mass is 9.86. The highest BCUT2D eigenvalue weighted by molar-refractivity contribution is 9.09. The number of hydrogen-bond acceptors (Lipinski definition) is 1. The summed E-state index contributed by atoms with van der Waals surface area (Å²) in [6, 6.07) is 0.235. The maximum atomic E-state index is 13.0. The molecule has 2 atom stereocenters. The zero-order chi connectivity index (χ0) is 13.2. The molecule has 0 radical (unpaired) electrons. The van der Waals surface area contributed by atoms with Crippen LogP contribution in [0.25, 0.3) is 0 Å². The Morgan fingerprint density at radius 2 is 1.89 bits per heavy atom. The van der Waals surface area contributed by atoms with Crippen LogP contribution in [0.3, 0.4) is 0 Å². The molecule has 0 bridgehead atoms. The van der Waals surface area contributed by atoms with Crippen LogP contribution < -0.4 is 5.32 Å². The van der Waals surface area contributed by atoms with Crippen molar-refractivity contribution in [2.24, 2.45) is 11.8 Å². The Balaban J connectivity index is 1.82. The van der Waals surface area contributed by atoms with Crippen LogP contribution in [-0.2, 0) is 4.79 Å². The molecule has 1 N–H and O–H groups in total. The third kappa shape index (κ3) is 3.43. The first kappa shape index (κ1) is 14.2. The third-order valence-electron chi connectivity index (χ3n) is 4.27. The fourth-order valence-corrected chi connectivity index (χ4v) is 3.79. The smallest absolute Gasteiger partial charge is 0.248 e. The average Bonchev–Trinajstić information content (AvgIpc) is 2.76. The minimum atomic E-state index is -2.55. The molecule has 18 heavy (non-hydrogen) atoms. The minimum absolute atomic E-state index is 0.0108. The topological polar surface area (TPSA) is 29.1 Å². The van der Waals surface area contributed by atoms with Gasteiger partial charge in [0, 0.05) is 30.1 Å². The van der Waals surface area contributed by atoms with Crippen LogP contribution in [0.5, 0.6) is 0 Å². The van der Waals surface area contributed by atoms with Gasteiger partial charge in [0.25, 0.3) is 0 Å². The van der Waals surface area contributed by atoms with Gasteiger partial charge in [0.2, 0.25) is 11.8 Å². The Morgan fingerprint density at radius 1 is 1.22 bits per heavy atom. The Labute approximate surface area is 115 Å². The van der Waals surface area contributed by atoms with Gasteiger partial charge in [0.1, 0.15) is 0 Å². The van der Waals surface area contributed by atoms with Gasteiger partial charge in [0.05, 0.1) is 0 Å². The number of nitrogens with one attached hydrogen (secondary N) is 1. The summed E-state index contributed by atoms with van der Waals surface area (Å²) in [4.78, 5) is 12.1. The van der Waals surface area contributed by atoms with Crippen molar-refractivity contribution >= 4 is 21.8 Å². The summed E-state index contributed by atoms with van der Waals surface area (Å²) in [7, 11) is 0. The molecule has 0 aromatic carbocycles. The summed E-state index contributed by atoms with van der Waals surface area (Å²) < 4.78 is 26.0. The van der Waals surface area contributed by atoms with E-state index >= 15 is 0 Å². The molecular weight excluding hydrogens is 304 g/mol. The summed E-state index contributed by atoms with van der Waals surface area (Å²) in [5, 5.41) is 3.97. The average molecular weight is 324 g/mol. The maximum absolute atomic E-state index is 13.0. The van der Waals surface area contributed by atoms with E-state index in [0.717, 1.165) is 24.6 Å². The molecule has 0 aliphatic heterocycles. The van der Waals surface area contributed by atoms with E-state index in [9.17, 15) is 13.6 Å². The van der Waals surface area contributed by atoms with Crippen LogP contribution in [0.15, 0.2) is 0 Å². The van der Waals surface area contributed by atoms with Crippen molar-refractivity contribution in [1.82, 2.24) is 5.32 Å². The molecule has 2 saturated carbocycles. The van der Waals surface area contributed by atoms with Gasteiger partial charge in [0.15, 0.2) is 0 Å². The molecule has 2 unspecified atom stereocenters.